The Hall–Kier alpha value is 2.09. The Balaban J connectivity index is 0. The molecule has 4 heavy (non-hydrogen) atoms. The standard InChI is InChI=1S/Cu.In.2H2S.3H/h;;2*1H2;;;. The van der Waals surface area contributed by atoms with Crippen molar-refractivity contribution in [2.24, 2.45) is 0 Å². The van der Waals surface area contributed by atoms with E-state index in [4.69, 9.17) is 0 Å². The van der Waals surface area contributed by atoms with Crippen LogP contribution in [0.5, 0.6) is 0 Å². The van der Waals surface area contributed by atoms with E-state index in [2.05, 4.69) is 0 Å². The molecule has 0 saturated heterocycles. The molecular weight excluding hydrogens is 242 g/mol. The summed E-state index contributed by atoms with van der Waals surface area (Å²) < 4.78 is 0. The van der Waals surface area contributed by atoms with Crippen molar-refractivity contribution in [3.8, 4) is 0 Å². The predicted octanol–water partition coefficient (Wildman–Crippen LogP) is -0.961. The van der Waals surface area contributed by atoms with E-state index in [1.165, 1.54) is 0 Å². The van der Waals surface area contributed by atoms with E-state index in [0.29, 0.717) is 0 Å². The first-order valence-electron chi connectivity index (χ1n) is 0. The van der Waals surface area contributed by atoms with Crippen LogP contribution in [0.25, 0.3) is 0 Å². The van der Waals surface area contributed by atoms with E-state index in [9.17, 15) is 0 Å². The normalized spacial score (nSPS) is 0. The van der Waals surface area contributed by atoms with Crippen LogP contribution in [-0.4, -0.2) is 25.8 Å². The van der Waals surface area contributed by atoms with Gasteiger partial charge in [0.1, 0.15) is 0 Å². The van der Waals surface area contributed by atoms with Crippen molar-refractivity contribution in [3.05, 3.63) is 0 Å². The molecular formula is H7CuInS2. The van der Waals surface area contributed by atoms with Gasteiger partial charge in [-0.05, 0) is 0 Å². The Labute approximate surface area is 69.3 Å². The molecule has 0 aliphatic carbocycles. The zero-order chi connectivity index (χ0) is 0. The van der Waals surface area contributed by atoms with E-state index < -0.39 is 0 Å². The number of hydrogen-bond donors (Lipinski definition) is 0. The molecule has 0 aromatic rings. The Morgan fingerprint density at radius 3 is 0.750 bits per heavy atom. The van der Waals surface area contributed by atoms with Gasteiger partial charge in [0.05, 0.1) is 0 Å². The van der Waals surface area contributed by atoms with E-state index in [1.54, 1.807) is 0 Å². The molecule has 0 spiro atoms. The molecule has 33 valence electrons. The summed E-state index contributed by atoms with van der Waals surface area (Å²) >= 11 is 0. The fraction of sp³-hybridized carbons (Fsp3) is 0. The second-order valence-electron chi connectivity index (χ2n) is 0. The van der Waals surface area contributed by atoms with Crippen LogP contribution < -0.4 is 0 Å². The van der Waals surface area contributed by atoms with Crippen molar-refractivity contribution >= 4 is 52.8 Å². The molecule has 0 nitrogen and oxygen atoms in total. The Morgan fingerprint density at radius 2 is 0.750 bits per heavy atom. The molecule has 0 aromatic carbocycles. The van der Waals surface area contributed by atoms with E-state index in [-0.39, 0.29) is 69.9 Å². The first kappa shape index (κ1) is 36.1. The van der Waals surface area contributed by atoms with Crippen LogP contribution in [-0.2, 0) is 17.1 Å². The molecule has 0 bridgehead atoms. The van der Waals surface area contributed by atoms with Crippen LogP contribution in [0, 0.1) is 0 Å². The zero-order valence-corrected chi connectivity index (χ0v) is 4.24. The monoisotopic (exact) mass is 249 g/mol. The van der Waals surface area contributed by atoms with Gasteiger partial charge in [0.25, 0.3) is 0 Å². The zero-order valence-electron chi connectivity index (χ0n) is 1.30. The average Bonchev–Trinajstić information content (AvgIpc) is 0. The average molecular weight is 250 g/mol. The van der Waals surface area contributed by atoms with Crippen LogP contribution in [0.1, 0.15) is 0 Å². The van der Waals surface area contributed by atoms with Gasteiger partial charge in [0, 0.05) is 17.1 Å². The van der Waals surface area contributed by atoms with Crippen molar-refractivity contribution in [2.45, 2.75) is 0 Å². The third-order valence-corrected chi connectivity index (χ3v) is 0. The van der Waals surface area contributed by atoms with Crippen LogP contribution in [0.2, 0.25) is 0 Å². The summed E-state index contributed by atoms with van der Waals surface area (Å²) in [6.45, 7) is 0. The van der Waals surface area contributed by atoms with Crippen molar-refractivity contribution in [1.29, 1.82) is 0 Å². The van der Waals surface area contributed by atoms with Gasteiger partial charge in [-0.3, -0.25) is 0 Å². The molecule has 0 saturated carbocycles. The maximum absolute atomic E-state index is 0. The second-order valence-corrected chi connectivity index (χ2v) is 0. The molecule has 0 aromatic heterocycles. The Kier molecular flexibility index (Phi) is 176. The molecule has 0 aliphatic rings. The van der Waals surface area contributed by atoms with E-state index in [0.717, 1.165) is 0 Å². The molecule has 0 fully saturated rings. The third-order valence-electron chi connectivity index (χ3n) is 0. The van der Waals surface area contributed by atoms with Crippen molar-refractivity contribution < 1.29 is 17.1 Å². The summed E-state index contributed by atoms with van der Waals surface area (Å²) in [5, 5.41) is 0. The molecule has 1 radical (unpaired) electrons. The van der Waals surface area contributed by atoms with Crippen LogP contribution in [0.15, 0.2) is 0 Å². The Bertz CT molecular complexity index is 6.00. The topological polar surface area (TPSA) is 0 Å². The van der Waals surface area contributed by atoms with Crippen molar-refractivity contribution in [2.75, 3.05) is 0 Å². The molecule has 4 heteroatoms. The predicted molar refractivity (Wildman–Crippen MR) is 30.7 cm³/mol. The van der Waals surface area contributed by atoms with Gasteiger partial charge < -0.3 is 0 Å². The van der Waals surface area contributed by atoms with Gasteiger partial charge in [0.2, 0.25) is 0 Å². The molecule has 0 aliphatic heterocycles. The first-order chi connectivity index (χ1) is 0. The quantitative estimate of drug-likeness (QED) is 0.485. The molecule has 0 unspecified atom stereocenters. The summed E-state index contributed by atoms with van der Waals surface area (Å²) in [5.41, 5.74) is 0. The van der Waals surface area contributed by atoms with Crippen LogP contribution >= 0.6 is 27.0 Å². The SMILES string of the molecule is S.S.[Cu].[InH3]. The number of hydrogen-bond acceptors (Lipinski definition) is 0. The van der Waals surface area contributed by atoms with Crippen molar-refractivity contribution in [3.63, 3.8) is 0 Å². The Morgan fingerprint density at radius 1 is 0.750 bits per heavy atom. The maximum atomic E-state index is 0. The molecule has 0 atom stereocenters. The minimum atomic E-state index is 0. The van der Waals surface area contributed by atoms with Gasteiger partial charge in [-0.2, -0.15) is 27.0 Å². The van der Waals surface area contributed by atoms with Gasteiger partial charge >= 0.3 is 25.8 Å². The summed E-state index contributed by atoms with van der Waals surface area (Å²) in [5.74, 6) is 0. The first-order valence-corrected chi connectivity index (χ1v) is 0. The van der Waals surface area contributed by atoms with Gasteiger partial charge in [-0.15, -0.1) is 0 Å². The summed E-state index contributed by atoms with van der Waals surface area (Å²) in [6.07, 6.45) is 0. The van der Waals surface area contributed by atoms with E-state index in [1.807, 2.05) is 0 Å². The minimum absolute atomic E-state index is 0. The van der Waals surface area contributed by atoms with Crippen LogP contribution in [0.4, 0.5) is 0 Å². The fourth-order valence-corrected chi connectivity index (χ4v) is 0. The molecule has 0 N–H and O–H groups in total. The summed E-state index contributed by atoms with van der Waals surface area (Å²) in [6, 6.07) is 0. The number of rotatable bonds is 0. The van der Waals surface area contributed by atoms with Crippen LogP contribution in [0.3, 0.4) is 0 Å². The summed E-state index contributed by atoms with van der Waals surface area (Å²) in [4.78, 5) is 0. The second kappa shape index (κ2) is 19.5. The molecule has 0 heterocycles. The van der Waals surface area contributed by atoms with Gasteiger partial charge in [-0.25, -0.2) is 0 Å². The van der Waals surface area contributed by atoms with Gasteiger partial charge in [0.15, 0.2) is 0 Å². The van der Waals surface area contributed by atoms with Gasteiger partial charge in [-0.1, -0.05) is 0 Å². The molecule has 0 rings (SSSR count). The van der Waals surface area contributed by atoms with E-state index >= 15 is 0 Å². The molecule has 0 amide bonds. The third kappa shape index (κ3) is 8.94. The summed E-state index contributed by atoms with van der Waals surface area (Å²) in [7, 11) is 0. The fourth-order valence-electron chi connectivity index (χ4n) is 0. The van der Waals surface area contributed by atoms with Crippen molar-refractivity contribution in [1.82, 2.24) is 0 Å².